The lowest BCUT2D eigenvalue weighted by Gasteiger charge is -2.20. The van der Waals surface area contributed by atoms with Gasteiger partial charge in [0.05, 0.1) is 11.1 Å². The quantitative estimate of drug-likeness (QED) is 0.871. The minimum absolute atomic E-state index is 0.145. The van der Waals surface area contributed by atoms with Gasteiger partial charge in [-0.1, -0.05) is 23.2 Å². The van der Waals surface area contributed by atoms with Gasteiger partial charge < -0.3 is 14.9 Å². The molecule has 2 atom stereocenters. The molecule has 0 aromatic heterocycles. The first-order chi connectivity index (χ1) is 9.04. The summed E-state index contributed by atoms with van der Waals surface area (Å²) in [6.45, 7) is 2.03. The molecule has 0 aliphatic carbocycles. The maximum atomic E-state index is 9.89. The van der Waals surface area contributed by atoms with E-state index in [1.807, 2.05) is 4.90 Å². The Morgan fingerprint density at radius 1 is 1.42 bits per heavy atom. The monoisotopic (exact) mass is 305 g/mol. The van der Waals surface area contributed by atoms with Crippen LogP contribution in [0.3, 0.4) is 0 Å². The van der Waals surface area contributed by atoms with E-state index in [1.165, 1.54) is 0 Å². The summed E-state index contributed by atoms with van der Waals surface area (Å²) in [7, 11) is 0. The van der Waals surface area contributed by atoms with E-state index in [-0.39, 0.29) is 12.7 Å². The van der Waals surface area contributed by atoms with Crippen molar-refractivity contribution < 1.29 is 14.9 Å². The van der Waals surface area contributed by atoms with Crippen molar-refractivity contribution in [1.82, 2.24) is 4.90 Å². The maximum Gasteiger partial charge on any atom is 0.139 e. The molecule has 106 valence electrons. The van der Waals surface area contributed by atoms with Crippen LogP contribution in [0.2, 0.25) is 10.0 Å². The molecule has 0 radical (unpaired) electrons. The topological polar surface area (TPSA) is 52.9 Å². The molecular formula is C13H17Cl2NO3. The smallest absolute Gasteiger partial charge is 0.139 e. The second-order valence-corrected chi connectivity index (χ2v) is 5.59. The number of hydrogen-bond donors (Lipinski definition) is 2. The predicted octanol–water partition coefficient (Wildman–Crippen LogP) is 1.80. The summed E-state index contributed by atoms with van der Waals surface area (Å²) in [5.41, 5.74) is 0. The number of aliphatic hydroxyl groups excluding tert-OH is 2. The van der Waals surface area contributed by atoms with E-state index in [2.05, 4.69) is 0 Å². The van der Waals surface area contributed by atoms with E-state index >= 15 is 0 Å². The Kier molecular flexibility index (Phi) is 5.30. The Balaban J connectivity index is 1.79. The largest absolute Gasteiger partial charge is 0.489 e. The van der Waals surface area contributed by atoms with Crippen molar-refractivity contribution in [2.75, 3.05) is 26.2 Å². The van der Waals surface area contributed by atoms with E-state index in [4.69, 9.17) is 27.9 Å². The van der Waals surface area contributed by atoms with Gasteiger partial charge in [-0.25, -0.2) is 0 Å². The number of halogens is 2. The summed E-state index contributed by atoms with van der Waals surface area (Å²) in [5.74, 6) is 0.467. The molecule has 0 amide bonds. The summed E-state index contributed by atoms with van der Waals surface area (Å²) in [6.07, 6.45) is -0.149. The van der Waals surface area contributed by atoms with Crippen molar-refractivity contribution in [1.29, 1.82) is 0 Å². The maximum absolute atomic E-state index is 9.89. The zero-order valence-corrected chi connectivity index (χ0v) is 11.9. The summed E-state index contributed by atoms with van der Waals surface area (Å²) in [5, 5.41) is 20.3. The fraction of sp³-hybridized carbons (Fsp3) is 0.538. The molecule has 19 heavy (non-hydrogen) atoms. The number of likely N-dealkylation sites (tertiary alicyclic amines) is 1. The molecule has 1 aromatic rings. The van der Waals surface area contributed by atoms with Crippen LogP contribution in [-0.2, 0) is 0 Å². The number of β-amino-alcohol motifs (C(OH)–C–C–N with tert-alkyl or cyclic N) is 2. The summed E-state index contributed by atoms with van der Waals surface area (Å²) in [6, 6.07) is 4.96. The van der Waals surface area contributed by atoms with Crippen molar-refractivity contribution >= 4 is 23.2 Å². The van der Waals surface area contributed by atoms with Crippen molar-refractivity contribution in [2.24, 2.45) is 0 Å². The normalized spacial score (nSPS) is 21.6. The number of rotatable bonds is 5. The third kappa shape index (κ3) is 4.51. The van der Waals surface area contributed by atoms with Crippen LogP contribution in [0, 0.1) is 0 Å². The van der Waals surface area contributed by atoms with Crippen LogP contribution in [-0.4, -0.2) is 53.6 Å². The van der Waals surface area contributed by atoms with Crippen LogP contribution in [0.5, 0.6) is 5.75 Å². The van der Waals surface area contributed by atoms with Gasteiger partial charge in [0, 0.05) is 30.7 Å². The van der Waals surface area contributed by atoms with Crippen LogP contribution < -0.4 is 4.74 Å². The fourth-order valence-corrected chi connectivity index (χ4v) is 2.44. The Hall–Kier alpha value is -0.520. The molecule has 1 fully saturated rings. The van der Waals surface area contributed by atoms with Crippen molar-refractivity contribution in [3.05, 3.63) is 28.2 Å². The van der Waals surface area contributed by atoms with Gasteiger partial charge in [-0.05, 0) is 18.6 Å². The molecule has 4 nitrogen and oxygen atoms in total. The molecule has 1 saturated heterocycles. The Labute approximate surface area is 122 Å². The number of benzene rings is 1. The lowest BCUT2D eigenvalue weighted by atomic mass is 10.3. The molecule has 2 N–H and O–H groups in total. The van der Waals surface area contributed by atoms with E-state index in [9.17, 15) is 10.2 Å². The van der Waals surface area contributed by atoms with Crippen molar-refractivity contribution in [3.63, 3.8) is 0 Å². The molecular weight excluding hydrogens is 289 g/mol. The van der Waals surface area contributed by atoms with Crippen LogP contribution in [0.4, 0.5) is 0 Å². The molecule has 0 spiro atoms. The number of nitrogens with zero attached hydrogens (tertiary/aromatic N) is 1. The summed E-state index contributed by atoms with van der Waals surface area (Å²) >= 11 is 11.8. The zero-order chi connectivity index (χ0) is 13.8. The van der Waals surface area contributed by atoms with E-state index in [1.54, 1.807) is 18.2 Å². The molecule has 6 heteroatoms. The molecule has 1 heterocycles. The van der Waals surface area contributed by atoms with Crippen molar-refractivity contribution in [3.8, 4) is 5.75 Å². The molecule has 2 unspecified atom stereocenters. The summed E-state index contributed by atoms with van der Waals surface area (Å²) in [4.78, 5) is 2.01. The predicted molar refractivity (Wildman–Crippen MR) is 75.0 cm³/mol. The van der Waals surface area contributed by atoms with Gasteiger partial charge in [-0.15, -0.1) is 0 Å². The van der Waals surface area contributed by atoms with Gasteiger partial charge in [-0.2, -0.15) is 0 Å². The van der Waals surface area contributed by atoms with Crippen LogP contribution in [0.15, 0.2) is 18.2 Å². The minimum Gasteiger partial charge on any atom is -0.489 e. The molecule has 1 aliphatic rings. The second-order valence-electron chi connectivity index (χ2n) is 4.74. The van der Waals surface area contributed by atoms with E-state index in [0.717, 1.165) is 13.0 Å². The Morgan fingerprint density at radius 2 is 2.21 bits per heavy atom. The molecule has 1 aliphatic heterocycles. The Morgan fingerprint density at radius 3 is 2.89 bits per heavy atom. The minimum atomic E-state index is -0.625. The first-order valence-electron chi connectivity index (χ1n) is 6.21. The average molecular weight is 306 g/mol. The van der Waals surface area contributed by atoms with Crippen LogP contribution in [0.25, 0.3) is 0 Å². The van der Waals surface area contributed by atoms with Gasteiger partial charge in [0.1, 0.15) is 18.5 Å². The lowest BCUT2D eigenvalue weighted by molar-refractivity contribution is 0.0708. The molecule has 0 bridgehead atoms. The number of hydrogen-bond acceptors (Lipinski definition) is 4. The highest BCUT2D eigenvalue weighted by atomic mass is 35.5. The molecule has 1 aromatic carbocycles. The second kappa shape index (κ2) is 6.77. The standard InChI is InChI=1S/C13H17Cl2NO3/c14-9-1-2-12(15)13(5-9)19-8-11(18)7-16-4-3-10(17)6-16/h1-2,5,10-11,17-18H,3-4,6-8H2. The van der Waals surface area contributed by atoms with Crippen molar-refractivity contribution in [2.45, 2.75) is 18.6 Å². The van der Waals surface area contributed by atoms with Gasteiger partial charge in [0.15, 0.2) is 0 Å². The van der Waals surface area contributed by atoms with Crippen LogP contribution in [0.1, 0.15) is 6.42 Å². The first kappa shape index (κ1) is 14.9. The Bertz CT molecular complexity index is 430. The van der Waals surface area contributed by atoms with E-state index in [0.29, 0.717) is 28.9 Å². The fourth-order valence-electron chi connectivity index (χ4n) is 2.10. The summed E-state index contributed by atoms with van der Waals surface area (Å²) < 4.78 is 5.46. The third-order valence-electron chi connectivity index (χ3n) is 3.04. The SMILES string of the molecule is OC1CCN(CC(O)COc2cc(Cl)ccc2Cl)C1. The van der Waals surface area contributed by atoms with Gasteiger partial charge in [0.2, 0.25) is 0 Å². The van der Waals surface area contributed by atoms with Crippen LogP contribution >= 0.6 is 23.2 Å². The van der Waals surface area contributed by atoms with Gasteiger partial charge in [0.25, 0.3) is 0 Å². The first-order valence-corrected chi connectivity index (χ1v) is 6.96. The molecule has 0 saturated carbocycles. The number of ether oxygens (including phenoxy) is 1. The third-order valence-corrected chi connectivity index (χ3v) is 3.59. The highest BCUT2D eigenvalue weighted by molar-refractivity contribution is 6.34. The average Bonchev–Trinajstić information content (AvgIpc) is 2.76. The van der Waals surface area contributed by atoms with Gasteiger partial charge in [-0.3, -0.25) is 4.90 Å². The molecule has 2 rings (SSSR count). The van der Waals surface area contributed by atoms with Gasteiger partial charge >= 0.3 is 0 Å². The highest BCUT2D eigenvalue weighted by Gasteiger charge is 2.22. The number of aliphatic hydroxyl groups is 2. The zero-order valence-electron chi connectivity index (χ0n) is 10.4. The van der Waals surface area contributed by atoms with E-state index < -0.39 is 6.10 Å². The lowest BCUT2D eigenvalue weighted by Crippen LogP contribution is -2.34. The highest BCUT2D eigenvalue weighted by Crippen LogP contribution is 2.27.